The summed E-state index contributed by atoms with van der Waals surface area (Å²) in [6, 6.07) is 15.3. The molecule has 21 heavy (non-hydrogen) atoms. The molecule has 0 bridgehead atoms. The van der Waals surface area contributed by atoms with Gasteiger partial charge >= 0.3 is 0 Å². The van der Waals surface area contributed by atoms with Crippen LogP contribution < -0.4 is 10.1 Å². The van der Waals surface area contributed by atoms with Gasteiger partial charge in [0.1, 0.15) is 12.4 Å². The Morgan fingerprint density at radius 1 is 1.10 bits per heavy atom. The van der Waals surface area contributed by atoms with Gasteiger partial charge in [0.05, 0.1) is 0 Å². The third kappa shape index (κ3) is 3.56. The SMILES string of the molecule is CCNC(COc1ccc2ccccc2c1)C1CCCC1. The highest BCUT2D eigenvalue weighted by molar-refractivity contribution is 5.83. The summed E-state index contributed by atoms with van der Waals surface area (Å²) in [5.74, 6) is 1.76. The second-order valence-corrected chi connectivity index (χ2v) is 6.03. The molecule has 0 aromatic heterocycles. The molecule has 3 rings (SSSR count). The van der Waals surface area contributed by atoms with E-state index in [2.05, 4.69) is 54.7 Å². The van der Waals surface area contributed by atoms with Crippen molar-refractivity contribution in [3.63, 3.8) is 0 Å². The summed E-state index contributed by atoms with van der Waals surface area (Å²) < 4.78 is 6.08. The van der Waals surface area contributed by atoms with Crippen molar-refractivity contribution in [1.29, 1.82) is 0 Å². The molecule has 2 nitrogen and oxygen atoms in total. The smallest absolute Gasteiger partial charge is 0.120 e. The van der Waals surface area contributed by atoms with Gasteiger partial charge in [-0.15, -0.1) is 0 Å². The van der Waals surface area contributed by atoms with E-state index in [1.54, 1.807) is 0 Å². The van der Waals surface area contributed by atoms with Crippen LogP contribution in [0.1, 0.15) is 32.6 Å². The maximum atomic E-state index is 6.08. The molecule has 1 N–H and O–H groups in total. The van der Waals surface area contributed by atoms with E-state index in [1.165, 1.54) is 36.5 Å². The van der Waals surface area contributed by atoms with Crippen LogP contribution in [0, 0.1) is 5.92 Å². The molecule has 1 aliphatic rings. The molecule has 2 aromatic rings. The number of likely N-dealkylation sites (N-methyl/N-ethyl adjacent to an activating group) is 1. The third-order valence-corrected chi connectivity index (χ3v) is 4.59. The largest absolute Gasteiger partial charge is 0.492 e. The number of nitrogens with one attached hydrogen (secondary N) is 1. The van der Waals surface area contributed by atoms with Crippen molar-refractivity contribution in [3.05, 3.63) is 42.5 Å². The van der Waals surface area contributed by atoms with Gasteiger partial charge in [-0.2, -0.15) is 0 Å². The summed E-state index contributed by atoms with van der Waals surface area (Å²) in [6.07, 6.45) is 5.45. The molecule has 0 amide bonds. The zero-order chi connectivity index (χ0) is 14.5. The first-order valence-corrected chi connectivity index (χ1v) is 8.22. The number of benzene rings is 2. The molecule has 1 aliphatic carbocycles. The van der Waals surface area contributed by atoms with Gasteiger partial charge in [0.25, 0.3) is 0 Å². The van der Waals surface area contributed by atoms with Crippen LogP contribution in [0.3, 0.4) is 0 Å². The molecule has 1 unspecified atom stereocenters. The molecular weight excluding hydrogens is 258 g/mol. The maximum Gasteiger partial charge on any atom is 0.120 e. The van der Waals surface area contributed by atoms with Crippen LogP contribution in [-0.2, 0) is 0 Å². The fraction of sp³-hybridized carbons (Fsp3) is 0.474. The average Bonchev–Trinajstić information content (AvgIpc) is 3.05. The predicted octanol–water partition coefficient (Wildman–Crippen LogP) is 4.39. The summed E-state index contributed by atoms with van der Waals surface area (Å²) >= 11 is 0. The summed E-state index contributed by atoms with van der Waals surface area (Å²) in [5, 5.41) is 6.12. The van der Waals surface area contributed by atoms with Gasteiger partial charge < -0.3 is 10.1 Å². The third-order valence-electron chi connectivity index (χ3n) is 4.59. The second kappa shape index (κ2) is 6.95. The molecule has 2 aromatic carbocycles. The zero-order valence-corrected chi connectivity index (χ0v) is 12.8. The molecule has 1 fully saturated rings. The van der Waals surface area contributed by atoms with Crippen molar-refractivity contribution < 1.29 is 4.74 Å². The molecule has 112 valence electrons. The van der Waals surface area contributed by atoms with E-state index in [0.717, 1.165) is 24.8 Å². The van der Waals surface area contributed by atoms with E-state index >= 15 is 0 Å². The van der Waals surface area contributed by atoms with Gasteiger partial charge in [-0.3, -0.25) is 0 Å². The Bertz CT molecular complexity index is 575. The van der Waals surface area contributed by atoms with Gasteiger partial charge in [0.2, 0.25) is 0 Å². The van der Waals surface area contributed by atoms with Crippen LogP contribution in [-0.4, -0.2) is 19.2 Å². The molecule has 0 saturated heterocycles. The Balaban J connectivity index is 1.65. The van der Waals surface area contributed by atoms with Crippen molar-refractivity contribution in [2.75, 3.05) is 13.2 Å². The topological polar surface area (TPSA) is 21.3 Å². The monoisotopic (exact) mass is 283 g/mol. The lowest BCUT2D eigenvalue weighted by atomic mass is 9.99. The second-order valence-electron chi connectivity index (χ2n) is 6.03. The van der Waals surface area contributed by atoms with Crippen LogP contribution in [0.5, 0.6) is 5.75 Å². The fourth-order valence-corrected chi connectivity index (χ4v) is 3.43. The van der Waals surface area contributed by atoms with Crippen LogP contribution in [0.15, 0.2) is 42.5 Å². The molecular formula is C19H25NO. The normalized spacial score (nSPS) is 17.2. The van der Waals surface area contributed by atoms with Gasteiger partial charge in [-0.1, -0.05) is 50.1 Å². The van der Waals surface area contributed by atoms with E-state index < -0.39 is 0 Å². The van der Waals surface area contributed by atoms with Crippen molar-refractivity contribution in [3.8, 4) is 5.75 Å². The van der Waals surface area contributed by atoms with Crippen LogP contribution in [0.4, 0.5) is 0 Å². The van der Waals surface area contributed by atoms with Gasteiger partial charge in [0, 0.05) is 6.04 Å². The summed E-state index contributed by atoms with van der Waals surface area (Å²) in [5.41, 5.74) is 0. The number of hydrogen-bond donors (Lipinski definition) is 1. The maximum absolute atomic E-state index is 6.08. The zero-order valence-electron chi connectivity index (χ0n) is 12.8. The number of ether oxygens (including phenoxy) is 1. The van der Waals surface area contributed by atoms with Crippen LogP contribution in [0.25, 0.3) is 10.8 Å². The van der Waals surface area contributed by atoms with Gasteiger partial charge in [-0.05, 0) is 48.2 Å². The summed E-state index contributed by atoms with van der Waals surface area (Å²) in [6.45, 7) is 3.97. The van der Waals surface area contributed by atoms with Crippen molar-refractivity contribution >= 4 is 10.8 Å². The Labute approximate surface area is 127 Å². The summed E-state index contributed by atoms with van der Waals surface area (Å²) in [4.78, 5) is 0. The fourth-order valence-electron chi connectivity index (χ4n) is 3.43. The Morgan fingerprint density at radius 2 is 1.86 bits per heavy atom. The van der Waals surface area contributed by atoms with E-state index in [9.17, 15) is 0 Å². The quantitative estimate of drug-likeness (QED) is 0.849. The standard InChI is InChI=1S/C19H25NO/c1-2-20-19(16-8-4-5-9-16)14-21-18-12-11-15-7-3-6-10-17(15)13-18/h3,6-7,10-13,16,19-20H,2,4-5,8-9,14H2,1H3. The van der Waals surface area contributed by atoms with Gasteiger partial charge in [0.15, 0.2) is 0 Å². The van der Waals surface area contributed by atoms with E-state index in [-0.39, 0.29) is 0 Å². The molecule has 0 heterocycles. The molecule has 0 aliphatic heterocycles. The predicted molar refractivity (Wildman–Crippen MR) is 88.9 cm³/mol. The Morgan fingerprint density at radius 3 is 2.62 bits per heavy atom. The first-order chi connectivity index (χ1) is 10.4. The number of fused-ring (bicyclic) bond motifs is 1. The Hall–Kier alpha value is -1.54. The minimum atomic E-state index is 0.490. The van der Waals surface area contributed by atoms with Gasteiger partial charge in [-0.25, -0.2) is 0 Å². The average molecular weight is 283 g/mol. The summed E-state index contributed by atoms with van der Waals surface area (Å²) in [7, 11) is 0. The van der Waals surface area contributed by atoms with E-state index in [0.29, 0.717) is 6.04 Å². The van der Waals surface area contributed by atoms with Crippen LogP contribution >= 0.6 is 0 Å². The molecule has 0 spiro atoms. The van der Waals surface area contributed by atoms with Crippen molar-refractivity contribution in [2.24, 2.45) is 5.92 Å². The van der Waals surface area contributed by atoms with Crippen molar-refractivity contribution in [1.82, 2.24) is 5.32 Å². The number of hydrogen-bond acceptors (Lipinski definition) is 2. The molecule has 0 radical (unpaired) electrons. The highest BCUT2D eigenvalue weighted by Gasteiger charge is 2.24. The lowest BCUT2D eigenvalue weighted by molar-refractivity contribution is 0.219. The Kier molecular flexibility index (Phi) is 4.76. The lowest BCUT2D eigenvalue weighted by Crippen LogP contribution is -2.40. The van der Waals surface area contributed by atoms with E-state index in [1.807, 2.05) is 0 Å². The highest BCUT2D eigenvalue weighted by Crippen LogP contribution is 2.28. The van der Waals surface area contributed by atoms with E-state index in [4.69, 9.17) is 4.74 Å². The molecule has 1 saturated carbocycles. The first-order valence-electron chi connectivity index (χ1n) is 8.22. The minimum absolute atomic E-state index is 0.490. The highest BCUT2D eigenvalue weighted by atomic mass is 16.5. The number of rotatable bonds is 6. The molecule has 2 heteroatoms. The lowest BCUT2D eigenvalue weighted by Gasteiger charge is -2.24. The van der Waals surface area contributed by atoms with Crippen molar-refractivity contribution in [2.45, 2.75) is 38.6 Å². The minimum Gasteiger partial charge on any atom is -0.492 e. The van der Waals surface area contributed by atoms with Crippen LogP contribution in [0.2, 0.25) is 0 Å². The first kappa shape index (κ1) is 14.4. The molecule has 1 atom stereocenters.